The first kappa shape index (κ1) is 44.1. The zero-order valence-corrected chi connectivity index (χ0v) is 32.4. The lowest BCUT2D eigenvalue weighted by atomic mass is 9.97. The van der Waals surface area contributed by atoms with Crippen molar-refractivity contribution in [3.05, 3.63) is 94.5 Å². The van der Waals surface area contributed by atoms with E-state index in [9.17, 15) is 48.9 Å². The van der Waals surface area contributed by atoms with Gasteiger partial charge in [0.2, 0.25) is 29.5 Å². The summed E-state index contributed by atoms with van der Waals surface area (Å²) in [5.74, 6) is -4.73. The summed E-state index contributed by atoms with van der Waals surface area (Å²) in [6, 6.07) is 12.2. The summed E-state index contributed by atoms with van der Waals surface area (Å²) in [6.07, 6.45) is 1.08. The van der Waals surface area contributed by atoms with Gasteiger partial charge in [0.05, 0.1) is 13.1 Å². The molecule has 1 aliphatic heterocycles. The van der Waals surface area contributed by atoms with E-state index in [0.717, 1.165) is 16.7 Å². The van der Waals surface area contributed by atoms with E-state index in [1.807, 2.05) is 13.8 Å². The van der Waals surface area contributed by atoms with Crippen molar-refractivity contribution in [2.24, 2.45) is 0 Å². The van der Waals surface area contributed by atoms with E-state index >= 15 is 0 Å². The lowest BCUT2D eigenvalue weighted by Crippen LogP contribution is -2.57. The molecule has 0 unspecified atom stereocenters. The van der Waals surface area contributed by atoms with Crippen molar-refractivity contribution >= 4 is 41.5 Å². The number of urea groups is 1. The summed E-state index contributed by atoms with van der Waals surface area (Å²) in [6.45, 7) is 2.75. The number of rotatable bonds is 11. The molecule has 7 amide bonds. The highest BCUT2D eigenvalue weighted by Gasteiger charge is 2.30. The topological polar surface area (TPSA) is 264 Å². The molecule has 4 atom stereocenters. The molecular weight excluding hydrogens is 750 g/mol. The third-order valence-electron chi connectivity index (χ3n) is 9.59. The number of carboxylic acid groups (broad SMARTS) is 1. The third-order valence-corrected chi connectivity index (χ3v) is 9.59. The summed E-state index contributed by atoms with van der Waals surface area (Å²) in [4.78, 5) is 91.8. The number of hydrogen-bond acceptors (Lipinski definition) is 9. The molecule has 1 heterocycles. The number of phenols is 2. The molecule has 310 valence electrons. The van der Waals surface area contributed by atoms with E-state index in [2.05, 4.69) is 37.2 Å². The number of phenolic OH excluding ortho intramolecular Hbond substituents is 2. The van der Waals surface area contributed by atoms with Gasteiger partial charge in [-0.25, -0.2) is 9.59 Å². The maximum Gasteiger partial charge on any atom is 0.328 e. The molecule has 0 saturated carbocycles. The number of carbonyl (C=O) groups excluding carboxylic acids is 6. The highest BCUT2D eigenvalue weighted by atomic mass is 16.4. The molecule has 0 aliphatic carbocycles. The number of carboxylic acids is 1. The molecule has 4 rings (SSSR count). The van der Waals surface area contributed by atoms with Gasteiger partial charge in [0.15, 0.2) is 0 Å². The summed E-state index contributed by atoms with van der Waals surface area (Å²) in [7, 11) is 0. The van der Waals surface area contributed by atoms with Crippen LogP contribution in [-0.2, 0) is 48.0 Å². The number of benzene rings is 3. The standard InChI is InChI=1S/C41H51N7O10/c1-24-18-29(50)19-25(2)30(24)15-16-35(51)45-32(21-27-11-13-28(49)14-12-27)38(54)47-31-10-6-7-17-42-41(58)44-22-34(40(56)57)48-39(55)33(20-26-8-4-3-5-9-26)46-36(52)23-43-37(31)53/h3-5,8-9,11-14,18-19,31-34,49-50H,6-7,10,15-17,20-23H2,1-2H3,(H,43,53)(H,45,51)(H,46,52)(H,47,54)(H,48,55)(H,56,57)(H2,42,44,58)/t31-,32+,33+,34+/m1/s1. The molecule has 0 radical (unpaired) electrons. The van der Waals surface area contributed by atoms with Crippen LogP contribution < -0.4 is 37.2 Å². The molecule has 0 aromatic heterocycles. The summed E-state index contributed by atoms with van der Waals surface area (Å²) >= 11 is 0. The first-order valence-corrected chi connectivity index (χ1v) is 19.0. The maximum absolute atomic E-state index is 13.9. The van der Waals surface area contributed by atoms with Crippen LogP contribution in [0.4, 0.5) is 4.79 Å². The number of aliphatic carboxylic acids is 1. The third kappa shape index (κ3) is 14.1. The van der Waals surface area contributed by atoms with Gasteiger partial charge in [-0.2, -0.15) is 0 Å². The monoisotopic (exact) mass is 801 g/mol. The Kier molecular flexibility index (Phi) is 16.4. The van der Waals surface area contributed by atoms with E-state index in [4.69, 9.17) is 0 Å². The van der Waals surface area contributed by atoms with Gasteiger partial charge in [-0.15, -0.1) is 0 Å². The van der Waals surface area contributed by atoms with Crippen LogP contribution in [0, 0.1) is 13.8 Å². The van der Waals surface area contributed by atoms with Crippen LogP contribution in [0.1, 0.15) is 53.5 Å². The van der Waals surface area contributed by atoms with Crippen molar-refractivity contribution in [2.75, 3.05) is 19.6 Å². The van der Waals surface area contributed by atoms with E-state index in [0.29, 0.717) is 30.4 Å². The first-order valence-electron chi connectivity index (χ1n) is 19.0. The van der Waals surface area contributed by atoms with Gasteiger partial charge in [0, 0.05) is 25.8 Å². The molecule has 3 aromatic rings. The van der Waals surface area contributed by atoms with Crippen molar-refractivity contribution < 1.29 is 48.9 Å². The number of aromatic hydroxyl groups is 2. The van der Waals surface area contributed by atoms with E-state index in [1.54, 1.807) is 54.6 Å². The second-order valence-electron chi connectivity index (χ2n) is 14.2. The van der Waals surface area contributed by atoms with Crippen molar-refractivity contribution in [2.45, 2.75) is 83.0 Å². The van der Waals surface area contributed by atoms with Crippen LogP contribution in [0.15, 0.2) is 66.7 Å². The summed E-state index contributed by atoms with van der Waals surface area (Å²) in [5.41, 5.74) is 3.77. The Morgan fingerprint density at radius 3 is 2.17 bits per heavy atom. The zero-order chi connectivity index (χ0) is 42.2. The minimum Gasteiger partial charge on any atom is -0.508 e. The largest absolute Gasteiger partial charge is 0.508 e. The van der Waals surface area contributed by atoms with Gasteiger partial charge < -0.3 is 52.5 Å². The lowest BCUT2D eigenvalue weighted by Gasteiger charge is -2.24. The zero-order valence-electron chi connectivity index (χ0n) is 32.4. The maximum atomic E-state index is 13.9. The summed E-state index contributed by atoms with van der Waals surface area (Å²) < 4.78 is 0. The quantitative estimate of drug-likeness (QED) is 0.130. The van der Waals surface area contributed by atoms with Crippen molar-refractivity contribution in [1.29, 1.82) is 0 Å². The van der Waals surface area contributed by atoms with E-state index < -0.39 is 78.8 Å². The lowest BCUT2D eigenvalue weighted by molar-refractivity contribution is -0.142. The number of carbonyl (C=O) groups is 7. The predicted octanol–water partition coefficient (Wildman–Crippen LogP) is 0.756. The fourth-order valence-corrected chi connectivity index (χ4v) is 6.49. The van der Waals surface area contributed by atoms with Crippen LogP contribution in [0.5, 0.6) is 11.5 Å². The fourth-order valence-electron chi connectivity index (χ4n) is 6.49. The highest BCUT2D eigenvalue weighted by molar-refractivity contribution is 5.95. The molecule has 0 spiro atoms. The Bertz CT molecular complexity index is 1920. The van der Waals surface area contributed by atoms with Gasteiger partial charge in [-0.1, -0.05) is 42.5 Å². The molecular formula is C41H51N7O10. The SMILES string of the molecule is Cc1cc(O)cc(C)c1CCC(=O)N[C@@H](Cc1ccc(O)cc1)C(=O)N[C@@H]1CCCCNC(=O)NC[C@@H](C(=O)O)NC(=O)[C@H](Cc2ccccc2)NC(=O)CNC1=O. The predicted molar refractivity (Wildman–Crippen MR) is 211 cm³/mol. The van der Waals surface area contributed by atoms with Crippen LogP contribution in [0.2, 0.25) is 0 Å². The molecule has 1 aliphatic rings. The Morgan fingerprint density at radius 2 is 1.50 bits per heavy atom. The molecule has 1 saturated heterocycles. The van der Waals surface area contributed by atoms with Gasteiger partial charge >= 0.3 is 12.0 Å². The molecule has 17 heteroatoms. The Labute approximate surface area is 335 Å². The number of amides is 7. The van der Waals surface area contributed by atoms with Crippen molar-refractivity contribution in [3.63, 3.8) is 0 Å². The molecule has 10 N–H and O–H groups in total. The molecule has 1 fully saturated rings. The minimum absolute atomic E-state index is 0.00908. The number of aryl methyl sites for hydroxylation is 2. The second-order valence-corrected chi connectivity index (χ2v) is 14.2. The summed E-state index contributed by atoms with van der Waals surface area (Å²) in [5, 5.41) is 47.3. The van der Waals surface area contributed by atoms with Crippen molar-refractivity contribution in [1.82, 2.24) is 37.2 Å². The number of nitrogens with one attached hydrogen (secondary N) is 7. The molecule has 17 nitrogen and oxygen atoms in total. The average molecular weight is 802 g/mol. The number of hydrogen-bond donors (Lipinski definition) is 10. The van der Waals surface area contributed by atoms with Crippen LogP contribution in [0.25, 0.3) is 0 Å². The Morgan fingerprint density at radius 1 is 0.810 bits per heavy atom. The van der Waals surface area contributed by atoms with Gasteiger partial charge in [-0.3, -0.25) is 24.0 Å². The Hall–Kier alpha value is -6.65. The second kappa shape index (κ2) is 21.6. The Balaban J connectivity index is 1.51. The first-order chi connectivity index (χ1) is 27.7. The van der Waals surface area contributed by atoms with Crippen LogP contribution >= 0.6 is 0 Å². The van der Waals surface area contributed by atoms with Crippen molar-refractivity contribution in [3.8, 4) is 11.5 Å². The van der Waals surface area contributed by atoms with Crippen LogP contribution in [0.3, 0.4) is 0 Å². The molecule has 0 bridgehead atoms. The van der Waals surface area contributed by atoms with Gasteiger partial charge in [0.25, 0.3) is 0 Å². The van der Waals surface area contributed by atoms with E-state index in [-0.39, 0.29) is 43.7 Å². The fraction of sp³-hybridized carbons (Fsp3) is 0.390. The van der Waals surface area contributed by atoms with Gasteiger partial charge in [0.1, 0.15) is 35.7 Å². The molecule has 3 aromatic carbocycles. The normalized spacial score (nSPS) is 19.0. The average Bonchev–Trinajstić information content (AvgIpc) is 3.17. The molecule has 58 heavy (non-hydrogen) atoms. The minimum atomic E-state index is -1.51. The van der Waals surface area contributed by atoms with Gasteiger partial charge in [-0.05, 0) is 91.6 Å². The highest BCUT2D eigenvalue weighted by Crippen LogP contribution is 2.22. The smallest absolute Gasteiger partial charge is 0.328 e. The van der Waals surface area contributed by atoms with Crippen LogP contribution in [-0.4, -0.2) is 101 Å². The van der Waals surface area contributed by atoms with E-state index in [1.165, 1.54) is 12.1 Å².